The molecule has 0 heterocycles. The molecular weight excluding hydrogens is 264 g/mol. The number of alkyl halides is 2. The van der Waals surface area contributed by atoms with Crippen molar-refractivity contribution in [1.82, 2.24) is 0 Å². The molecule has 1 aromatic rings. The standard InChI is InChI=1S/C11H9F2NO3S/c1-2-16-10(15)6-3-4-8(18)9(7(6)5-14)17-11(12)13/h3-4,11,18H,2H2,1H3. The molecule has 0 bridgehead atoms. The maximum atomic E-state index is 12.2. The second kappa shape index (κ2) is 6.21. The van der Waals surface area contributed by atoms with Gasteiger partial charge in [-0.25, -0.2) is 4.79 Å². The summed E-state index contributed by atoms with van der Waals surface area (Å²) in [5.74, 6) is -1.21. The highest BCUT2D eigenvalue weighted by molar-refractivity contribution is 7.80. The SMILES string of the molecule is CCOC(=O)c1ccc(S)c(OC(F)F)c1C#N. The Labute approximate surface area is 108 Å². The Kier molecular flexibility index (Phi) is 4.92. The summed E-state index contributed by atoms with van der Waals surface area (Å²) in [6.45, 7) is -1.41. The first kappa shape index (κ1) is 14.3. The van der Waals surface area contributed by atoms with Crippen molar-refractivity contribution in [2.45, 2.75) is 18.4 Å². The van der Waals surface area contributed by atoms with Gasteiger partial charge in [0.2, 0.25) is 0 Å². The molecule has 0 fully saturated rings. The van der Waals surface area contributed by atoms with Gasteiger partial charge in [0.1, 0.15) is 11.6 Å². The highest BCUT2D eigenvalue weighted by Gasteiger charge is 2.21. The fourth-order valence-electron chi connectivity index (χ4n) is 1.27. The molecule has 96 valence electrons. The Hall–Kier alpha value is -1.81. The maximum Gasteiger partial charge on any atom is 0.387 e. The van der Waals surface area contributed by atoms with Gasteiger partial charge in [-0.05, 0) is 19.1 Å². The molecule has 7 heteroatoms. The lowest BCUT2D eigenvalue weighted by Gasteiger charge is -2.11. The summed E-state index contributed by atoms with van der Waals surface area (Å²) < 4.78 is 33.3. The van der Waals surface area contributed by atoms with Gasteiger partial charge in [-0.1, -0.05) is 0 Å². The molecule has 4 nitrogen and oxygen atoms in total. The smallest absolute Gasteiger partial charge is 0.387 e. The predicted octanol–water partition coefficient (Wildman–Crippen LogP) is 2.63. The average molecular weight is 273 g/mol. The molecule has 0 amide bonds. The lowest BCUT2D eigenvalue weighted by Crippen LogP contribution is -2.10. The van der Waals surface area contributed by atoms with Crippen molar-refractivity contribution in [3.05, 3.63) is 23.3 Å². The molecule has 0 unspecified atom stereocenters. The summed E-state index contributed by atoms with van der Waals surface area (Å²) in [5, 5.41) is 8.94. The summed E-state index contributed by atoms with van der Waals surface area (Å²) in [5.41, 5.74) is -0.450. The van der Waals surface area contributed by atoms with Crippen molar-refractivity contribution in [1.29, 1.82) is 5.26 Å². The lowest BCUT2D eigenvalue weighted by atomic mass is 10.1. The van der Waals surface area contributed by atoms with Crippen LogP contribution in [-0.4, -0.2) is 19.2 Å². The highest BCUT2D eigenvalue weighted by Crippen LogP contribution is 2.31. The zero-order chi connectivity index (χ0) is 13.7. The average Bonchev–Trinajstić information content (AvgIpc) is 2.31. The first-order chi connectivity index (χ1) is 8.51. The molecule has 0 aliphatic rings. The third-order valence-corrected chi connectivity index (χ3v) is 2.30. The third kappa shape index (κ3) is 3.11. The summed E-state index contributed by atoms with van der Waals surface area (Å²) in [6, 6.07) is 4.20. The number of carbonyl (C=O) groups excluding carboxylic acids is 1. The van der Waals surface area contributed by atoms with Gasteiger partial charge in [0.15, 0.2) is 5.75 Å². The summed E-state index contributed by atoms with van der Waals surface area (Å²) in [6.07, 6.45) is 0. The van der Waals surface area contributed by atoms with Gasteiger partial charge in [0.25, 0.3) is 0 Å². The molecular formula is C11H9F2NO3S. The van der Waals surface area contributed by atoms with E-state index in [1.807, 2.05) is 0 Å². The zero-order valence-electron chi connectivity index (χ0n) is 9.31. The van der Waals surface area contributed by atoms with Crippen LogP contribution in [-0.2, 0) is 4.74 Å². The quantitative estimate of drug-likeness (QED) is 0.676. The molecule has 1 aromatic carbocycles. The largest absolute Gasteiger partial charge is 0.462 e. The molecule has 0 radical (unpaired) electrons. The molecule has 0 aliphatic heterocycles. The van der Waals surface area contributed by atoms with Crippen molar-refractivity contribution in [2.24, 2.45) is 0 Å². The van der Waals surface area contributed by atoms with Crippen LogP contribution in [0.5, 0.6) is 5.75 Å². The van der Waals surface area contributed by atoms with Crippen molar-refractivity contribution >= 4 is 18.6 Å². The van der Waals surface area contributed by atoms with Crippen LogP contribution in [0.4, 0.5) is 8.78 Å². The van der Waals surface area contributed by atoms with Crippen molar-refractivity contribution in [3.8, 4) is 11.8 Å². The molecule has 0 aromatic heterocycles. The van der Waals surface area contributed by atoms with Crippen LogP contribution >= 0.6 is 12.6 Å². The van der Waals surface area contributed by atoms with E-state index >= 15 is 0 Å². The Balaban J connectivity index is 3.30. The fourth-order valence-corrected chi connectivity index (χ4v) is 1.51. The van der Waals surface area contributed by atoms with Crippen LogP contribution < -0.4 is 4.74 Å². The molecule has 0 saturated heterocycles. The van der Waals surface area contributed by atoms with Crippen LogP contribution in [0.2, 0.25) is 0 Å². The third-order valence-electron chi connectivity index (χ3n) is 1.95. The minimum atomic E-state index is -3.11. The van der Waals surface area contributed by atoms with Gasteiger partial charge in [-0.15, -0.1) is 12.6 Å². The number of nitrogens with zero attached hydrogens (tertiary/aromatic N) is 1. The molecule has 0 atom stereocenters. The van der Waals surface area contributed by atoms with Crippen LogP contribution in [0, 0.1) is 11.3 Å². The molecule has 0 saturated carbocycles. The summed E-state index contributed by atoms with van der Waals surface area (Å²) in [7, 11) is 0. The van der Waals surface area contributed by atoms with Crippen molar-refractivity contribution in [2.75, 3.05) is 6.61 Å². The highest BCUT2D eigenvalue weighted by atomic mass is 32.1. The van der Waals surface area contributed by atoms with Gasteiger partial charge in [0, 0.05) is 4.90 Å². The van der Waals surface area contributed by atoms with Gasteiger partial charge < -0.3 is 9.47 Å². The second-order valence-corrected chi connectivity index (χ2v) is 3.53. The van der Waals surface area contributed by atoms with Crippen molar-refractivity contribution < 1.29 is 23.0 Å². The van der Waals surface area contributed by atoms with Crippen LogP contribution in [0.25, 0.3) is 0 Å². The van der Waals surface area contributed by atoms with Gasteiger partial charge in [-0.3, -0.25) is 0 Å². The number of nitriles is 1. The number of hydrogen-bond donors (Lipinski definition) is 1. The first-order valence-corrected chi connectivity index (χ1v) is 5.34. The van der Waals surface area contributed by atoms with E-state index in [-0.39, 0.29) is 22.6 Å². The number of thiol groups is 1. The number of esters is 1. The first-order valence-electron chi connectivity index (χ1n) is 4.89. The molecule has 0 N–H and O–H groups in total. The van der Waals surface area contributed by atoms with Gasteiger partial charge in [0.05, 0.1) is 12.2 Å². The summed E-state index contributed by atoms with van der Waals surface area (Å²) >= 11 is 3.90. The van der Waals surface area contributed by atoms with E-state index in [2.05, 4.69) is 17.4 Å². The van der Waals surface area contributed by atoms with Gasteiger partial charge >= 0.3 is 12.6 Å². The Morgan fingerprint density at radius 1 is 1.56 bits per heavy atom. The lowest BCUT2D eigenvalue weighted by molar-refractivity contribution is -0.0519. The number of halogens is 2. The molecule has 1 rings (SSSR count). The fraction of sp³-hybridized carbons (Fsp3) is 0.273. The van der Waals surface area contributed by atoms with E-state index in [0.717, 1.165) is 0 Å². The topological polar surface area (TPSA) is 59.3 Å². The van der Waals surface area contributed by atoms with Crippen LogP contribution in [0.1, 0.15) is 22.8 Å². The minimum absolute atomic E-state index is 0.0416. The molecule has 0 spiro atoms. The second-order valence-electron chi connectivity index (χ2n) is 3.05. The Morgan fingerprint density at radius 3 is 2.72 bits per heavy atom. The number of carbonyl (C=O) groups is 1. The number of ether oxygens (including phenoxy) is 2. The molecule has 18 heavy (non-hydrogen) atoms. The zero-order valence-corrected chi connectivity index (χ0v) is 10.2. The minimum Gasteiger partial charge on any atom is -0.462 e. The summed E-state index contributed by atoms with van der Waals surface area (Å²) in [4.78, 5) is 11.6. The maximum absolute atomic E-state index is 12.2. The normalized spacial score (nSPS) is 10.0. The Bertz CT molecular complexity index is 500. The molecule has 0 aliphatic carbocycles. The van der Waals surface area contributed by atoms with Crippen LogP contribution in [0.3, 0.4) is 0 Å². The Morgan fingerprint density at radius 2 is 2.22 bits per heavy atom. The van der Waals surface area contributed by atoms with E-state index in [0.29, 0.717) is 0 Å². The number of rotatable bonds is 4. The van der Waals surface area contributed by atoms with Crippen LogP contribution in [0.15, 0.2) is 17.0 Å². The van der Waals surface area contributed by atoms with E-state index in [1.165, 1.54) is 12.1 Å². The number of benzene rings is 1. The van der Waals surface area contributed by atoms with Gasteiger partial charge in [-0.2, -0.15) is 14.0 Å². The van der Waals surface area contributed by atoms with E-state index < -0.39 is 18.3 Å². The van der Waals surface area contributed by atoms with Crippen molar-refractivity contribution in [3.63, 3.8) is 0 Å². The monoisotopic (exact) mass is 273 g/mol. The van der Waals surface area contributed by atoms with E-state index in [1.54, 1.807) is 13.0 Å². The van der Waals surface area contributed by atoms with E-state index in [9.17, 15) is 13.6 Å². The predicted molar refractivity (Wildman–Crippen MR) is 61.0 cm³/mol. The van der Waals surface area contributed by atoms with E-state index in [4.69, 9.17) is 10.00 Å². The number of hydrogen-bond acceptors (Lipinski definition) is 5.